The maximum Gasteiger partial charge on any atom is 0.269 e. The molecule has 0 aliphatic rings. The summed E-state index contributed by atoms with van der Waals surface area (Å²) in [6, 6.07) is 1.23. The van der Waals surface area contributed by atoms with E-state index in [1.54, 1.807) is 0 Å². The Balaban J connectivity index is 3.42. The second-order valence-corrected chi connectivity index (χ2v) is 3.11. The summed E-state index contributed by atoms with van der Waals surface area (Å²) in [4.78, 5) is 23.5. The Bertz CT molecular complexity index is 403. The molecule has 0 saturated carbocycles. The first-order valence-electron chi connectivity index (χ1n) is 3.65. The highest BCUT2D eigenvalue weighted by Gasteiger charge is 2.17. The third-order valence-electron chi connectivity index (χ3n) is 1.67. The lowest BCUT2D eigenvalue weighted by atomic mass is 10.1. The number of aromatic amines is 1. The van der Waals surface area contributed by atoms with Crippen LogP contribution in [0.4, 0.5) is 8.78 Å². The molecular formula is C8H6BrF2NO2. The molecule has 1 aromatic heterocycles. The van der Waals surface area contributed by atoms with Crippen LogP contribution in [0.1, 0.15) is 28.0 Å². The first-order valence-corrected chi connectivity index (χ1v) is 4.77. The zero-order valence-corrected chi connectivity index (χ0v) is 8.48. The van der Waals surface area contributed by atoms with E-state index in [9.17, 15) is 18.4 Å². The van der Waals surface area contributed by atoms with E-state index < -0.39 is 17.5 Å². The topological polar surface area (TPSA) is 49.9 Å². The zero-order chi connectivity index (χ0) is 10.7. The number of halogens is 3. The average molecular weight is 266 g/mol. The summed E-state index contributed by atoms with van der Waals surface area (Å²) in [5, 5.41) is 0.109. The number of carbonyl (C=O) groups excluding carboxylic acids is 1. The molecule has 1 aromatic rings. The minimum Gasteiger partial charge on any atom is -0.319 e. The van der Waals surface area contributed by atoms with Crippen LogP contribution in [0.15, 0.2) is 10.9 Å². The summed E-state index contributed by atoms with van der Waals surface area (Å²) in [5.41, 5.74) is -1.38. The highest BCUT2D eigenvalue weighted by Crippen LogP contribution is 2.20. The van der Waals surface area contributed by atoms with E-state index in [4.69, 9.17) is 0 Å². The molecule has 0 amide bonds. The van der Waals surface area contributed by atoms with Crippen LogP contribution in [0.3, 0.4) is 0 Å². The highest BCUT2D eigenvalue weighted by atomic mass is 79.9. The molecule has 0 radical (unpaired) electrons. The van der Waals surface area contributed by atoms with E-state index in [1.807, 2.05) is 0 Å². The number of carbonyl (C=O) groups is 1. The number of pyridine rings is 1. The normalized spacial score (nSPS) is 10.6. The van der Waals surface area contributed by atoms with Gasteiger partial charge in [0.15, 0.2) is 6.29 Å². The maximum absolute atomic E-state index is 12.4. The van der Waals surface area contributed by atoms with Crippen LogP contribution in [-0.4, -0.2) is 11.3 Å². The van der Waals surface area contributed by atoms with Crippen molar-refractivity contribution in [2.75, 3.05) is 0 Å². The van der Waals surface area contributed by atoms with Gasteiger partial charge in [0.1, 0.15) is 0 Å². The fourth-order valence-electron chi connectivity index (χ4n) is 1.06. The first kappa shape index (κ1) is 11.0. The number of rotatable bonds is 3. The predicted molar refractivity (Wildman–Crippen MR) is 50.0 cm³/mol. The van der Waals surface area contributed by atoms with Gasteiger partial charge in [0.25, 0.3) is 12.0 Å². The largest absolute Gasteiger partial charge is 0.319 e. The van der Waals surface area contributed by atoms with Crippen molar-refractivity contribution in [3.8, 4) is 0 Å². The third kappa shape index (κ3) is 2.06. The summed E-state index contributed by atoms with van der Waals surface area (Å²) in [5.74, 6) is 0. The molecule has 14 heavy (non-hydrogen) atoms. The molecule has 0 fully saturated rings. The van der Waals surface area contributed by atoms with Crippen molar-refractivity contribution in [2.45, 2.75) is 11.8 Å². The Labute approximate surface area is 86.3 Å². The number of H-pyrrole nitrogens is 1. The lowest BCUT2D eigenvalue weighted by Crippen LogP contribution is -2.17. The van der Waals surface area contributed by atoms with Crippen LogP contribution in [0.25, 0.3) is 0 Å². The molecule has 0 saturated heterocycles. The molecule has 1 N–H and O–H groups in total. The summed E-state index contributed by atoms with van der Waals surface area (Å²) >= 11 is 2.97. The maximum atomic E-state index is 12.4. The van der Waals surface area contributed by atoms with Gasteiger partial charge in [-0.15, -0.1) is 0 Å². The van der Waals surface area contributed by atoms with Gasteiger partial charge in [-0.05, 0) is 11.6 Å². The quantitative estimate of drug-likeness (QED) is 0.672. The number of nitrogens with one attached hydrogen (secondary N) is 1. The van der Waals surface area contributed by atoms with E-state index in [-0.39, 0.29) is 16.6 Å². The fraction of sp³-hybridized carbons (Fsp3) is 0.250. The molecule has 3 nitrogen and oxygen atoms in total. The zero-order valence-electron chi connectivity index (χ0n) is 6.89. The molecule has 6 heteroatoms. The second kappa shape index (κ2) is 4.45. The van der Waals surface area contributed by atoms with Crippen LogP contribution >= 0.6 is 15.9 Å². The molecule has 0 bridgehead atoms. The third-order valence-corrected chi connectivity index (χ3v) is 2.27. The lowest BCUT2D eigenvalue weighted by Gasteiger charge is -2.05. The van der Waals surface area contributed by atoms with E-state index in [2.05, 4.69) is 20.9 Å². The molecule has 0 aliphatic heterocycles. The molecule has 0 aromatic carbocycles. The monoisotopic (exact) mass is 265 g/mol. The predicted octanol–water partition coefficient (Wildman–Crippen LogP) is 2.02. The van der Waals surface area contributed by atoms with Gasteiger partial charge >= 0.3 is 0 Å². The fourth-order valence-corrected chi connectivity index (χ4v) is 1.52. The lowest BCUT2D eigenvalue weighted by molar-refractivity contribution is 0.111. The standard InChI is InChI=1S/C8H6BrF2NO2/c9-2-4-1-5(3-13)12-8(14)6(4)7(10)11/h1,3,7H,2H2,(H,12,14). The van der Waals surface area contributed by atoms with Crippen LogP contribution in [-0.2, 0) is 5.33 Å². The first-order chi connectivity index (χ1) is 6.60. The van der Waals surface area contributed by atoms with Gasteiger partial charge in [-0.1, -0.05) is 15.9 Å². The summed E-state index contributed by atoms with van der Waals surface area (Å²) in [6.45, 7) is 0. The Hall–Kier alpha value is -1.04. The second-order valence-electron chi connectivity index (χ2n) is 2.54. The number of aldehydes is 1. The molecule has 0 atom stereocenters. The van der Waals surface area contributed by atoms with Crippen molar-refractivity contribution >= 4 is 22.2 Å². The van der Waals surface area contributed by atoms with Crippen molar-refractivity contribution in [3.05, 3.63) is 33.2 Å². The van der Waals surface area contributed by atoms with Gasteiger partial charge in [-0.2, -0.15) is 0 Å². The van der Waals surface area contributed by atoms with Crippen LogP contribution in [0.5, 0.6) is 0 Å². The van der Waals surface area contributed by atoms with Gasteiger partial charge in [-0.3, -0.25) is 9.59 Å². The van der Waals surface area contributed by atoms with Crippen molar-refractivity contribution < 1.29 is 13.6 Å². The molecule has 76 valence electrons. The van der Waals surface area contributed by atoms with E-state index >= 15 is 0 Å². The van der Waals surface area contributed by atoms with Gasteiger partial charge < -0.3 is 4.98 Å². The number of alkyl halides is 3. The summed E-state index contributed by atoms with van der Waals surface area (Å²) < 4.78 is 24.8. The van der Waals surface area contributed by atoms with Gasteiger partial charge in [0, 0.05) is 5.33 Å². The van der Waals surface area contributed by atoms with Gasteiger partial charge in [0.2, 0.25) is 0 Å². The Morgan fingerprint density at radius 1 is 1.57 bits per heavy atom. The van der Waals surface area contributed by atoms with Crippen LogP contribution < -0.4 is 5.56 Å². The van der Waals surface area contributed by atoms with Crippen LogP contribution in [0, 0.1) is 0 Å². The molecule has 0 unspecified atom stereocenters. The molecule has 1 rings (SSSR count). The van der Waals surface area contributed by atoms with E-state index in [0.29, 0.717) is 6.29 Å². The number of hydrogen-bond acceptors (Lipinski definition) is 2. The minimum atomic E-state index is -2.84. The summed E-state index contributed by atoms with van der Waals surface area (Å²) in [7, 11) is 0. The highest BCUT2D eigenvalue weighted by molar-refractivity contribution is 9.08. The minimum absolute atomic E-state index is 0.00569. The SMILES string of the molecule is O=Cc1cc(CBr)c(C(F)F)c(=O)[nH]1. The van der Waals surface area contributed by atoms with E-state index in [0.717, 1.165) is 0 Å². The summed E-state index contributed by atoms with van der Waals surface area (Å²) in [6.07, 6.45) is -2.44. The molecule has 0 spiro atoms. The number of aromatic nitrogens is 1. The smallest absolute Gasteiger partial charge is 0.269 e. The van der Waals surface area contributed by atoms with Gasteiger partial charge in [0.05, 0.1) is 11.3 Å². The van der Waals surface area contributed by atoms with E-state index in [1.165, 1.54) is 6.07 Å². The van der Waals surface area contributed by atoms with Crippen LogP contribution in [0.2, 0.25) is 0 Å². The average Bonchev–Trinajstić information content (AvgIpc) is 2.15. The van der Waals surface area contributed by atoms with Crippen molar-refractivity contribution in [2.24, 2.45) is 0 Å². The molecule has 1 heterocycles. The van der Waals surface area contributed by atoms with Crippen molar-refractivity contribution in [1.82, 2.24) is 4.98 Å². The molecular weight excluding hydrogens is 260 g/mol. The Morgan fingerprint density at radius 2 is 2.21 bits per heavy atom. The number of hydrogen-bond donors (Lipinski definition) is 1. The Kier molecular flexibility index (Phi) is 3.51. The molecule has 0 aliphatic carbocycles. The van der Waals surface area contributed by atoms with Crippen molar-refractivity contribution in [1.29, 1.82) is 0 Å². The van der Waals surface area contributed by atoms with Gasteiger partial charge in [-0.25, -0.2) is 8.78 Å². The Morgan fingerprint density at radius 3 is 2.64 bits per heavy atom. The van der Waals surface area contributed by atoms with Crippen molar-refractivity contribution in [3.63, 3.8) is 0 Å².